The van der Waals surface area contributed by atoms with Gasteiger partial charge in [-0.05, 0) is 19.4 Å². The molecule has 0 saturated carbocycles. The number of allylic oxidation sites excluding steroid dienone is 1. The number of hydrogen-bond donors (Lipinski definition) is 0. The molecule has 0 spiro atoms. The van der Waals surface area contributed by atoms with E-state index in [9.17, 15) is 0 Å². The highest BCUT2D eigenvalue weighted by Crippen LogP contribution is 1.86. The zero-order chi connectivity index (χ0) is 12.6. The molecule has 0 aliphatic rings. The van der Waals surface area contributed by atoms with Gasteiger partial charge in [0.05, 0.1) is 33.0 Å². The van der Waals surface area contributed by atoms with Gasteiger partial charge in [-0.3, -0.25) is 0 Å². The zero-order valence-corrected chi connectivity index (χ0v) is 10.9. The quantitative estimate of drug-likeness (QED) is 0.216. The molecule has 5 heteroatoms. The molecule has 0 N–H and O–H groups in total. The number of hydrogen-bond acceptors (Lipinski definition) is 5. The van der Waals surface area contributed by atoms with Crippen molar-refractivity contribution in [2.45, 2.75) is 20.3 Å². The van der Waals surface area contributed by atoms with Crippen molar-refractivity contribution in [3.8, 4) is 0 Å². The van der Waals surface area contributed by atoms with Crippen LogP contribution in [0.5, 0.6) is 0 Å². The Kier molecular flexibility index (Phi) is 14.8. The van der Waals surface area contributed by atoms with Gasteiger partial charge in [0, 0.05) is 6.61 Å². The van der Waals surface area contributed by atoms with Crippen LogP contribution in [0.15, 0.2) is 12.3 Å². The van der Waals surface area contributed by atoms with E-state index in [1.54, 1.807) is 0 Å². The van der Waals surface area contributed by atoms with Gasteiger partial charge in [-0.2, -0.15) is 4.89 Å². The summed E-state index contributed by atoms with van der Waals surface area (Å²) in [5, 5.41) is 0. The van der Waals surface area contributed by atoms with Gasteiger partial charge < -0.3 is 19.1 Å². The lowest BCUT2D eigenvalue weighted by Crippen LogP contribution is -2.11. The molecule has 0 aliphatic carbocycles. The lowest BCUT2D eigenvalue weighted by Gasteiger charge is -2.05. The summed E-state index contributed by atoms with van der Waals surface area (Å²) in [5.41, 5.74) is 0. The highest BCUT2D eigenvalue weighted by molar-refractivity contribution is 4.68. The molecule has 0 bridgehead atoms. The summed E-state index contributed by atoms with van der Waals surface area (Å²) in [6, 6.07) is 0. The smallest absolute Gasteiger partial charge is 0.125 e. The minimum atomic E-state index is 0.410. The van der Waals surface area contributed by atoms with Gasteiger partial charge in [-0.1, -0.05) is 6.92 Å². The van der Waals surface area contributed by atoms with E-state index < -0.39 is 0 Å². The highest BCUT2D eigenvalue weighted by Gasteiger charge is 1.91. The second-order valence-corrected chi connectivity index (χ2v) is 3.12. The molecule has 0 aromatic carbocycles. The first-order chi connectivity index (χ1) is 8.41. The van der Waals surface area contributed by atoms with E-state index in [-0.39, 0.29) is 0 Å². The summed E-state index contributed by atoms with van der Waals surface area (Å²) in [5.74, 6) is 0. The van der Waals surface area contributed by atoms with E-state index in [0.29, 0.717) is 39.6 Å². The topological polar surface area (TPSA) is 46.2 Å². The lowest BCUT2D eigenvalue weighted by atomic mass is 10.5. The minimum Gasteiger partial charge on any atom is -0.379 e. The third-order valence-electron chi connectivity index (χ3n) is 1.71. The second-order valence-electron chi connectivity index (χ2n) is 3.12. The van der Waals surface area contributed by atoms with Crippen molar-refractivity contribution in [2.24, 2.45) is 0 Å². The van der Waals surface area contributed by atoms with Crippen LogP contribution >= 0.6 is 0 Å². The van der Waals surface area contributed by atoms with E-state index in [1.807, 2.05) is 19.9 Å². The molecule has 0 saturated heterocycles. The predicted octanol–water partition coefficient (Wildman–Crippen LogP) is 1.93. The summed E-state index contributed by atoms with van der Waals surface area (Å²) in [6.07, 6.45) is 4.32. The maximum atomic E-state index is 5.26. The third-order valence-corrected chi connectivity index (χ3v) is 1.71. The molecule has 0 unspecified atom stereocenters. The first kappa shape index (κ1) is 16.4. The van der Waals surface area contributed by atoms with E-state index >= 15 is 0 Å². The Hall–Kier alpha value is -0.620. The van der Waals surface area contributed by atoms with Crippen LogP contribution in [-0.2, 0) is 24.0 Å². The summed E-state index contributed by atoms with van der Waals surface area (Å²) in [7, 11) is 0. The van der Waals surface area contributed by atoms with Gasteiger partial charge in [0.25, 0.3) is 0 Å². The summed E-state index contributed by atoms with van der Waals surface area (Å²) < 4.78 is 15.6. The van der Waals surface area contributed by atoms with Gasteiger partial charge in [-0.15, -0.1) is 0 Å². The maximum Gasteiger partial charge on any atom is 0.125 e. The Morgan fingerprint density at radius 1 is 0.765 bits per heavy atom. The van der Waals surface area contributed by atoms with Crippen molar-refractivity contribution in [1.29, 1.82) is 0 Å². The highest BCUT2D eigenvalue weighted by atomic mass is 17.2. The van der Waals surface area contributed by atoms with Crippen molar-refractivity contribution in [3.63, 3.8) is 0 Å². The number of rotatable bonds is 13. The van der Waals surface area contributed by atoms with Crippen LogP contribution in [0.2, 0.25) is 0 Å². The Morgan fingerprint density at radius 2 is 1.35 bits per heavy atom. The molecule has 0 amide bonds. The Morgan fingerprint density at radius 3 is 1.94 bits per heavy atom. The van der Waals surface area contributed by atoms with E-state index in [0.717, 1.165) is 13.0 Å². The normalized spacial score (nSPS) is 11.2. The largest absolute Gasteiger partial charge is 0.379 e. The van der Waals surface area contributed by atoms with Crippen molar-refractivity contribution in [1.82, 2.24) is 0 Å². The second kappa shape index (κ2) is 15.4. The van der Waals surface area contributed by atoms with Crippen molar-refractivity contribution in [2.75, 3.05) is 46.2 Å². The SMILES string of the molecule is CCC=COOCCOCCOCCOCC. The summed E-state index contributed by atoms with van der Waals surface area (Å²) in [4.78, 5) is 9.56. The number of ether oxygens (including phenoxy) is 3. The van der Waals surface area contributed by atoms with Crippen LogP contribution in [0, 0.1) is 0 Å². The molecule has 0 rings (SSSR count). The zero-order valence-electron chi connectivity index (χ0n) is 10.9. The maximum absolute atomic E-state index is 5.26. The standard InChI is InChI=1S/C12H24O5/c1-3-5-6-16-17-12-11-15-10-9-14-8-7-13-4-2/h5-6H,3-4,7-12H2,1-2H3. The third kappa shape index (κ3) is 15.4. The average Bonchev–Trinajstić information content (AvgIpc) is 2.35. The van der Waals surface area contributed by atoms with Gasteiger partial charge in [0.2, 0.25) is 0 Å². The van der Waals surface area contributed by atoms with Crippen LogP contribution < -0.4 is 0 Å². The van der Waals surface area contributed by atoms with Crippen LogP contribution in [-0.4, -0.2) is 46.2 Å². The van der Waals surface area contributed by atoms with Gasteiger partial charge in [0.1, 0.15) is 12.9 Å². The molecule has 0 aromatic rings. The fraction of sp³-hybridized carbons (Fsp3) is 0.833. The molecule has 0 heterocycles. The Labute approximate surface area is 104 Å². The van der Waals surface area contributed by atoms with Crippen LogP contribution in [0.1, 0.15) is 20.3 Å². The molecule has 102 valence electrons. The minimum absolute atomic E-state index is 0.410. The van der Waals surface area contributed by atoms with Crippen LogP contribution in [0.3, 0.4) is 0 Å². The first-order valence-electron chi connectivity index (χ1n) is 6.08. The molecule has 0 atom stereocenters. The summed E-state index contributed by atoms with van der Waals surface area (Å²) >= 11 is 0. The van der Waals surface area contributed by atoms with Crippen molar-refractivity contribution < 1.29 is 24.0 Å². The molecular weight excluding hydrogens is 224 g/mol. The van der Waals surface area contributed by atoms with Gasteiger partial charge in [-0.25, -0.2) is 0 Å². The first-order valence-corrected chi connectivity index (χ1v) is 6.08. The molecule has 5 nitrogen and oxygen atoms in total. The summed E-state index contributed by atoms with van der Waals surface area (Å²) in [6.45, 7) is 7.99. The fourth-order valence-corrected chi connectivity index (χ4v) is 0.900. The van der Waals surface area contributed by atoms with E-state index in [1.165, 1.54) is 6.26 Å². The monoisotopic (exact) mass is 248 g/mol. The van der Waals surface area contributed by atoms with Crippen molar-refractivity contribution in [3.05, 3.63) is 12.3 Å². The lowest BCUT2D eigenvalue weighted by molar-refractivity contribution is -0.255. The van der Waals surface area contributed by atoms with Crippen molar-refractivity contribution >= 4 is 0 Å². The Balaban J connectivity index is 2.91. The van der Waals surface area contributed by atoms with Gasteiger partial charge in [0.15, 0.2) is 0 Å². The molecule has 0 aromatic heterocycles. The van der Waals surface area contributed by atoms with E-state index in [4.69, 9.17) is 24.0 Å². The molecule has 17 heavy (non-hydrogen) atoms. The average molecular weight is 248 g/mol. The molecule has 0 fully saturated rings. The van der Waals surface area contributed by atoms with Crippen LogP contribution in [0.4, 0.5) is 0 Å². The van der Waals surface area contributed by atoms with E-state index in [2.05, 4.69) is 0 Å². The molecule has 0 radical (unpaired) electrons. The molecular formula is C12H24O5. The fourth-order valence-electron chi connectivity index (χ4n) is 0.900. The van der Waals surface area contributed by atoms with Gasteiger partial charge >= 0.3 is 0 Å². The van der Waals surface area contributed by atoms with Crippen LogP contribution in [0.25, 0.3) is 0 Å². The predicted molar refractivity (Wildman–Crippen MR) is 64.6 cm³/mol. The molecule has 0 aliphatic heterocycles. The Bertz CT molecular complexity index is 161.